The number of carbonyl (C=O) groups is 1. The molecular weight excluding hydrogens is 256 g/mol. The predicted molar refractivity (Wildman–Crippen MR) is 75.5 cm³/mol. The second kappa shape index (κ2) is 6.77. The van der Waals surface area contributed by atoms with Crippen LogP contribution in [-0.2, 0) is 11.2 Å². The van der Waals surface area contributed by atoms with Crippen LogP contribution in [0, 0.1) is 0 Å². The lowest BCUT2D eigenvalue weighted by molar-refractivity contribution is -0.129. The number of ether oxygens (including phenoxy) is 1. The fourth-order valence-corrected chi connectivity index (χ4v) is 1.90. The van der Waals surface area contributed by atoms with E-state index in [1.807, 2.05) is 18.3 Å². The normalized spacial score (nSPS) is 11.9. The number of carbonyl (C=O) groups excluding carboxylic acids is 1. The Morgan fingerprint density at radius 3 is 2.95 bits per heavy atom. The first-order valence-electron chi connectivity index (χ1n) is 6.42. The van der Waals surface area contributed by atoms with Crippen molar-refractivity contribution in [3.63, 3.8) is 0 Å². The molecule has 0 aliphatic heterocycles. The molecule has 1 atom stereocenters. The third-order valence-corrected chi connectivity index (χ3v) is 3.01. The summed E-state index contributed by atoms with van der Waals surface area (Å²) in [6.45, 7) is 0.473. The highest BCUT2D eigenvalue weighted by Crippen LogP contribution is 2.19. The maximum atomic E-state index is 11.9. The molecule has 20 heavy (non-hydrogen) atoms. The maximum Gasteiger partial charge on any atom is 0.253 e. The molecule has 1 heterocycles. The summed E-state index contributed by atoms with van der Waals surface area (Å²) < 4.78 is 5.07. The van der Waals surface area contributed by atoms with Crippen LogP contribution in [-0.4, -0.2) is 29.7 Å². The van der Waals surface area contributed by atoms with Gasteiger partial charge in [-0.2, -0.15) is 0 Å². The van der Waals surface area contributed by atoms with Crippen molar-refractivity contribution < 1.29 is 14.6 Å². The van der Waals surface area contributed by atoms with E-state index in [1.165, 1.54) is 0 Å². The standard InChI is InChI=1S/C15H18N2O3/c1-20-13-6-2-4-11(10-13)14(18)15(19)17-9-7-12-5-3-8-16-12/h2-6,8,10,14,16,18H,7,9H2,1H3,(H,17,19). The van der Waals surface area contributed by atoms with Crippen LogP contribution in [0.25, 0.3) is 0 Å². The number of amides is 1. The van der Waals surface area contributed by atoms with E-state index in [4.69, 9.17) is 4.74 Å². The molecule has 0 spiro atoms. The van der Waals surface area contributed by atoms with Gasteiger partial charge < -0.3 is 20.1 Å². The molecule has 1 unspecified atom stereocenters. The fourth-order valence-electron chi connectivity index (χ4n) is 1.90. The Morgan fingerprint density at radius 1 is 1.40 bits per heavy atom. The number of benzene rings is 1. The number of methoxy groups -OCH3 is 1. The lowest BCUT2D eigenvalue weighted by Gasteiger charge is -2.12. The van der Waals surface area contributed by atoms with Crippen LogP contribution in [0.1, 0.15) is 17.4 Å². The Bertz CT molecular complexity index is 552. The Hall–Kier alpha value is -2.27. The molecule has 2 aromatic rings. The topological polar surface area (TPSA) is 74.3 Å². The van der Waals surface area contributed by atoms with Crippen molar-refractivity contribution in [1.82, 2.24) is 10.3 Å². The van der Waals surface area contributed by atoms with Gasteiger partial charge >= 0.3 is 0 Å². The van der Waals surface area contributed by atoms with Gasteiger partial charge in [0.2, 0.25) is 0 Å². The average molecular weight is 274 g/mol. The van der Waals surface area contributed by atoms with Gasteiger partial charge in [0.15, 0.2) is 6.10 Å². The molecule has 0 saturated carbocycles. The van der Waals surface area contributed by atoms with Gasteiger partial charge in [-0.1, -0.05) is 12.1 Å². The van der Waals surface area contributed by atoms with E-state index in [1.54, 1.807) is 31.4 Å². The summed E-state index contributed by atoms with van der Waals surface area (Å²) in [5.74, 6) is 0.200. The largest absolute Gasteiger partial charge is 0.497 e. The number of nitrogens with one attached hydrogen (secondary N) is 2. The minimum atomic E-state index is -1.19. The molecule has 2 rings (SSSR count). The van der Waals surface area contributed by atoms with E-state index in [2.05, 4.69) is 10.3 Å². The van der Waals surface area contributed by atoms with Gasteiger partial charge in [0.1, 0.15) is 5.75 Å². The van der Waals surface area contributed by atoms with Crippen molar-refractivity contribution in [2.45, 2.75) is 12.5 Å². The summed E-state index contributed by atoms with van der Waals surface area (Å²) >= 11 is 0. The van der Waals surface area contributed by atoms with Crippen molar-refractivity contribution in [3.8, 4) is 5.75 Å². The van der Waals surface area contributed by atoms with E-state index in [9.17, 15) is 9.90 Å². The van der Waals surface area contributed by atoms with Gasteiger partial charge in [-0.15, -0.1) is 0 Å². The van der Waals surface area contributed by atoms with Crippen molar-refractivity contribution in [1.29, 1.82) is 0 Å². The molecule has 0 aliphatic rings. The fraction of sp³-hybridized carbons (Fsp3) is 0.267. The third-order valence-electron chi connectivity index (χ3n) is 3.01. The SMILES string of the molecule is COc1cccc(C(O)C(=O)NCCc2ccc[nH]2)c1. The van der Waals surface area contributed by atoms with Crippen LogP contribution in [0.2, 0.25) is 0 Å². The minimum Gasteiger partial charge on any atom is -0.497 e. The quantitative estimate of drug-likeness (QED) is 0.745. The second-order valence-corrected chi connectivity index (χ2v) is 4.42. The lowest BCUT2D eigenvalue weighted by atomic mass is 10.1. The highest BCUT2D eigenvalue weighted by atomic mass is 16.5. The smallest absolute Gasteiger partial charge is 0.253 e. The van der Waals surface area contributed by atoms with Crippen LogP contribution in [0.3, 0.4) is 0 Å². The number of aromatic amines is 1. The van der Waals surface area contributed by atoms with Crippen molar-refractivity contribution in [3.05, 3.63) is 53.9 Å². The van der Waals surface area contributed by atoms with Crippen LogP contribution in [0.5, 0.6) is 5.75 Å². The van der Waals surface area contributed by atoms with E-state index in [0.29, 0.717) is 24.3 Å². The van der Waals surface area contributed by atoms with Gasteiger partial charge in [0.25, 0.3) is 5.91 Å². The molecule has 0 saturated heterocycles. The summed E-state index contributed by atoms with van der Waals surface area (Å²) in [5.41, 5.74) is 1.56. The Kier molecular flexibility index (Phi) is 4.79. The van der Waals surface area contributed by atoms with Crippen molar-refractivity contribution >= 4 is 5.91 Å². The minimum absolute atomic E-state index is 0.412. The van der Waals surface area contributed by atoms with Crippen LogP contribution in [0.15, 0.2) is 42.6 Å². The Morgan fingerprint density at radius 2 is 2.25 bits per heavy atom. The molecule has 0 fully saturated rings. The first-order chi connectivity index (χ1) is 9.70. The molecule has 5 heteroatoms. The van der Waals surface area contributed by atoms with Crippen LogP contribution < -0.4 is 10.1 Å². The molecule has 0 bridgehead atoms. The number of aromatic nitrogens is 1. The van der Waals surface area contributed by atoms with E-state index in [0.717, 1.165) is 5.69 Å². The summed E-state index contributed by atoms with van der Waals surface area (Å²) in [5, 5.41) is 12.7. The molecule has 1 aromatic heterocycles. The van der Waals surface area contributed by atoms with Crippen molar-refractivity contribution in [2.75, 3.05) is 13.7 Å². The highest BCUT2D eigenvalue weighted by Gasteiger charge is 2.17. The predicted octanol–water partition coefficient (Wildman–Crippen LogP) is 1.42. The summed E-state index contributed by atoms with van der Waals surface area (Å²) in [6, 6.07) is 10.7. The Balaban J connectivity index is 1.87. The zero-order chi connectivity index (χ0) is 14.4. The highest BCUT2D eigenvalue weighted by molar-refractivity contribution is 5.82. The second-order valence-electron chi connectivity index (χ2n) is 4.42. The summed E-state index contributed by atoms with van der Waals surface area (Å²) in [6.07, 6.45) is 1.35. The van der Waals surface area contributed by atoms with Crippen LogP contribution >= 0.6 is 0 Å². The number of H-pyrrole nitrogens is 1. The number of hydrogen-bond donors (Lipinski definition) is 3. The first kappa shape index (κ1) is 14.1. The van der Waals surface area contributed by atoms with Gasteiger partial charge in [0.05, 0.1) is 7.11 Å². The molecule has 106 valence electrons. The lowest BCUT2D eigenvalue weighted by Crippen LogP contribution is -2.31. The number of hydrogen-bond acceptors (Lipinski definition) is 3. The maximum absolute atomic E-state index is 11.9. The number of rotatable bonds is 6. The van der Waals surface area contributed by atoms with E-state index in [-0.39, 0.29) is 0 Å². The van der Waals surface area contributed by atoms with Gasteiger partial charge in [-0.05, 0) is 29.8 Å². The molecule has 1 amide bonds. The molecule has 3 N–H and O–H groups in total. The number of aliphatic hydroxyl groups is 1. The average Bonchev–Trinajstić information content (AvgIpc) is 2.99. The third kappa shape index (κ3) is 3.61. The molecule has 1 aromatic carbocycles. The Labute approximate surface area is 117 Å². The van der Waals surface area contributed by atoms with Gasteiger partial charge in [-0.3, -0.25) is 4.79 Å². The summed E-state index contributed by atoms with van der Waals surface area (Å²) in [7, 11) is 1.54. The first-order valence-corrected chi connectivity index (χ1v) is 6.42. The molecule has 0 radical (unpaired) electrons. The summed E-state index contributed by atoms with van der Waals surface area (Å²) in [4.78, 5) is 14.9. The molecule has 0 aliphatic carbocycles. The molecule has 5 nitrogen and oxygen atoms in total. The monoisotopic (exact) mass is 274 g/mol. The zero-order valence-electron chi connectivity index (χ0n) is 11.3. The zero-order valence-corrected chi connectivity index (χ0v) is 11.3. The number of aliphatic hydroxyl groups excluding tert-OH is 1. The molecular formula is C15H18N2O3. The van der Waals surface area contributed by atoms with E-state index >= 15 is 0 Å². The van der Waals surface area contributed by atoms with Gasteiger partial charge in [0, 0.05) is 24.9 Å². The van der Waals surface area contributed by atoms with Gasteiger partial charge in [-0.25, -0.2) is 0 Å². The van der Waals surface area contributed by atoms with E-state index < -0.39 is 12.0 Å². The van der Waals surface area contributed by atoms with Crippen LogP contribution in [0.4, 0.5) is 0 Å². The van der Waals surface area contributed by atoms with Crippen molar-refractivity contribution in [2.24, 2.45) is 0 Å².